The molecule has 0 heterocycles. The van der Waals surface area contributed by atoms with Crippen molar-refractivity contribution in [2.45, 2.75) is 94.0 Å². The smallest absolute Gasteiger partial charge is 0.410 e. The summed E-state index contributed by atoms with van der Waals surface area (Å²) in [5, 5.41) is 33.3. The molecule has 5 rings (SSSR count). The van der Waals surface area contributed by atoms with Crippen LogP contribution in [0.15, 0.2) is 106 Å². The molecule has 2 saturated carbocycles. The number of aliphatic hydroxyl groups is 2. The highest BCUT2D eigenvalue weighted by molar-refractivity contribution is 5.68. The summed E-state index contributed by atoms with van der Waals surface area (Å²) >= 11 is 0. The zero-order valence-corrected chi connectivity index (χ0v) is 28.5. The minimum absolute atomic E-state index is 0.0621. The molecule has 2 N–H and O–H groups in total. The van der Waals surface area contributed by atoms with Gasteiger partial charge in [-0.2, -0.15) is 0 Å². The summed E-state index contributed by atoms with van der Waals surface area (Å²) in [5.74, 6) is -0.265. The first-order valence-corrected chi connectivity index (χ1v) is 17.2. The van der Waals surface area contributed by atoms with Crippen LogP contribution in [0.3, 0.4) is 0 Å². The van der Waals surface area contributed by atoms with Crippen LogP contribution < -0.4 is 0 Å². The van der Waals surface area contributed by atoms with Gasteiger partial charge < -0.3 is 24.4 Å². The molecular weight excluding hydrogens is 668 g/mol. The van der Waals surface area contributed by atoms with E-state index in [9.17, 15) is 26.1 Å². The van der Waals surface area contributed by atoms with Crippen LogP contribution in [-0.2, 0) is 34.0 Å². The van der Waals surface area contributed by atoms with Crippen LogP contribution in [0.5, 0.6) is 0 Å². The maximum Gasteiger partial charge on any atom is 0.410 e. The molecule has 0 saturated heterocycles. The molecule has 16 nitrogen and oxygen atoms in total. The Morgan fingerprint density at radius 1 is 0.731 bits per heavy atom. The fourth-order valence-corrected chi connectivity index (χ4v) is 6.99. The zero-order valence-electron chi connectivity index (χ0n) is 28.5. The number of azide groups is 3. The van der Waals surface area contributed by atoms with Gasteiger partial charge in [0.1, 0.15) is 12.7 Å². The molecule has 3 aromatic rings. The van der Waals surface area contributed by atoms with Gasteiger partial charge in [-0.25, -0.2) is 4.79 Å². The van der Waals surface area contributed by atoms with Crippen molar-refractivity contribution in [3.05, 3.63) is 139 Å². The first kappa shape index (κ1) is 37.9. The average Bonchev–Trinajstić information content (AvgIpc) is 3.17. The maximum atomic E-state index is 14.1. The van der Waals surface area contributed by atoms with E-state index in [0.29, 0.717) is 19.4 Å². The van der Waals surface area contributed by atoms with Crippen molar-refractivity contribution in [1.82, 2.24) is 4.90 Å². The van der Waals surface area contributed by atoms with E-state index in [0.717, 1.165) is 16.7 Å². The van der Waals surface area contributed by atoms with E-state index >= 15 is 0 Å². The SMILES string of the molecule is [N-]=[N+]=NC1CC[C@@H]([C@H](COCc2ccccc2)N(Cc2ccccc2)C(=O)OCc2ccccc2)C[C@@H]1O[C@H]1[C@H](O)[C@@H](O)[C@H](N=[N+]=[N-])C[C@@H]1N=[N+]=[N-]. The van der Waals surface area contributed by atoms with Crippen molar-refractivity contribution in [3.63, 3.8) is 0 Å². The Hall–Kier alpha value is -5.30. The fraction of sp³-hybridized carbons (Fsp3) is 0.472. The van der Waals surface area contributed by atoms with Crippen molar-refractivity contribution < 1.29 is 29.2 Å². The van der Waals surface area contributed by atoms with Gasteiger partial charge in [-0.05, 0) is 64.9 Å². The van der Waals surface area contributed by atoms with Gasteiger partial charge in [-0.1, -0.05) is 106 Å². The lowest BCUT2D eigenvalue weighted by Gasteiger charge is -2.45. The molecule has 16 heteroatoms. The molecule has 2 aliphatic carbocycles. The molecule has 52 heavy (non-hydrogen) atoms. The van der Waals surface area contributed by atoms with Crippen LogP contribution in [0.4, 0.5) is 4.79 Å². The number of carbonyl (C=O) groups excluding carboxylic acids is 1. The molecule has 0 aromatic heterocycles. The number of ether oxygens (including phenoxy) is 3. The number of rotatable bonds is 15. The maximum absolute atomic E-state index is 14.1. The predicted octanol–water partition coefficient (Wildman–Crippen LogP) is 7.13. The van der Waals surface area contributed by atoms with Gasteiger partial charge in [0.25, 0.3) is 0 Å². The summed E-state index contributed by atoms with van der Waals surface area (Å²) in [5.41, 5.74) is 30.4. The fourth-order valence-electron chi connectivity index (χ4n) is 6.99. The standard InChI is InChI=1S/C36H42N10O6/c37-43-40-28-17-16-27(18-32(28)52-35-30(42-45-39)19-29(41-44-38)33(47)34(35)48)31(23-50-21-25-12-6-2-7-13-25)46(20-24-10-4-1-5-11-24)36(49)51-22-26-14-8-3-9-15-26/h1-15,27-35,47-48H,16-23H2/t27-,28?,29-,30+,31+,32+,33+,34-,35-/m1/s1. The summed E-state index contributed by atoms with van der Waals surface area (Å²) < 4.78 is 18.6. The number of carbonyl (C=O) groups is 1. The molecule has 0 aliphatic heterocycles. The molecule has 1 unspecified atom stereocenters. The minimum atomic E-state index is -1.57. The quantitative estimate of drug-likeness (QED) is 0.0944. The number of aliphatic hydroxyl groups excluding tert-OH is 2. The highest BCUT2D eigenvalue weighted by atomic mass is 16.6. The summed E-state index contributed by atoms with van der Waals surface area (Å²) in [6.45, 7) is 0.738. The lowest BCUT2D eigenvalue weighted by atomic mass is 9.78. The zero-order chi connectivity index (χ0) is 36.7. The molecule has 0 spiro atoms. The monoisotopic (exact) mass is 710 g/mol. The molecule has 2 aliphatic rings. The summed E-state index contributed by atoms with van der Waals surface area (Å²) in [6.07, 6.45) is -4.46. The highest BCUT2D eigenvalue weighted by Gasteiger charge is 2.47. The van der Waals surface area contributed by atoms with E-state index in [1.54, 1.807) is 4.90 Å². The normalized spacial score (nSPS) is 26.0. The molecule has 3 aromatic carbocycles. The van der Waals surface area contributed by atoms with Gasteiger partial charge in [0.15, 0.2) is 0 Å². The molecule has 272 valence electrons. The Morgan fingerprint density at radius 2 is 1.29 bits per heavy atom. The number of amides is 1. The predicted molar refractivity (Wildman–Crippen MR) is 190 cm³/mol. The number of nitrogens with zero attached hydrogens (tertiary/aromatic N) is 10. The van der Waals surface area contributed by atoms with E-state index < -0.39 is 54.7 Å². The van der Waals surface area contributed by atoms with Gasteiger partial charge in [0.05, 0.1) is 55.7 Å². The largest absolute Gasteiger partial charge is 0.445 e. The van der Waals surface area contributed by atoms with E-state index in [1.807, 2.05) is 91.0 Å². The number of benzene rings is 3. The van der Waals surface area contributed by atoms with Crippen molar-refractivity contribution >= 4 is 6.09 Å². The molecule has 0 radical (unpaired) electrons. The second-order valence-electron chi connectivity index (χ2n) is 13.0. The minimum Gasteiger partial charge on any atom is -0.445 e. The van der Waals surface area contributed by atoms with Crippen molar-refractivity contribution in [2.75, 3.05) is 6.61 Å². The van der Waals surface area contributed by atoms with Gasteiger partial charge in [0, 0.05) is 21.3 Å². The van der Waals surface area contributed by atoms with E-state index in [2.05, 4.69) is 30.1 Å². The second kappa shape index (κ2) is 19.3. The molecule has 2 fully saturated rings. The van der Waals surface area contributed by atoms with Gasteiger partial charge in [0.2, 0.25) is 0 Å². The summed E-state index contributed by atoms with van der Waals surface area (Å²) in [4.78, 5) is 24.4. The van der Waals surface area contributed by atoms with Crippen molar-refractivity contribution in [1.29, 1.82) is 0 Å². The van der Waals surface area contributed by atoms with Crippen LogP contribution in [-0.4, -0.2) is 76.4 Å². The van der Waals surface area contributed by atoms with Crippen LogP contribution >= 0.6 is 0 Å². The Morgan fingerprint density at radius 3 is 1.90 bits per heavy atom. The number of hydrogen-bond acceptors (Lipinski definition) is 9. The van der Waals surface area contributed by atoms with Gasteiger partial charge in [-0.3, -0.25) is 4.90 Å². The third-order valence-electron chi connectivity index (χ3n) is 9.65. The van der Waals surface area contributed by atoms with Gasteiger partial charge >= 0.3 is 6.09 Å². The summed E-state index contributed by atoms with van der Waals surface area (Å²) in [6, 6.07) is 25.4. The van der Waals surface area contributed by atoms with Crippen molar-refractivity contribution in [2.24, 2.45) is 21.3 Å². The summed E-state index contributed by atoms with van der Waals surface area (Å²) in [7, 11) is 0. The lowest BCUT2D eigenvalue weighted by Crippen LogP contribution is -2.58. The average molecular weight is 711 g/mol. The Bertz CT molecular complexity index is 1720. The highest BCUT2D eigenvalue weighted by Crippen LogP contribution is 2.37. The first-order chi connectivity index (χ1) is 25.4. The van der Waals surface area contributed by atoms with Crippen LogP contribution in [0.25, 0.3) is 31.3 Å². The second-order valence-corrected chi connectivity index (χ2v) is 13.0. The molecule has 1 amide bonds. The first-order valence-electron chi connectivity index (χ1n) is 17.2. The van der Waals surface area contributed by atoms with Crippen LogP contribution in [0.2, 0.25) is 0 Å². The Balaban J connectivity index is 1.45. The van der Waals surface area contributed by atoms with E-state index in [1.165, 1.54) is 0 Å². The topological polar surface area (TPSA) is 235 Å². The molecule has 9 atom stereocenters. The third kappa shape index (κ3) is 10.2. The van der Waals surface area contributed by atoms with Crippen molar-refractivity contribution in [3.8, 4) is 0 Å². The molecule has 0 bridgehead atoms. The van der Waals surface area contributed by atoms with Gasteiger partial charge in [-0.15, -0.1) is 0 Å². The van der Waals surface area contributed by atoms with E-state index in [-0.39, 0.29) is 38.5 Å². The van der Waals surface area contributed by atoms with Crippen LogP contribution in [0, 0.1) is 5.92 Å². The lowest BCUT2D eigenvalue weighted by molar-refractivity contribution is -0.161. The van der Waals surface area contributed by atoms with Crippen LogP contribution in [0.1, 0.15) is 42.4 Å². The number of hydrogen-bond donors (Lipinski definition) is 2. The third-order valence-corrected chi connectivity index (χ3v) is 9.65. The Kier molecular flexibility index (Phi) is 14.1. The molecular formula is C36H42N10O6. The Labute approximate surface area is 300 Å². The van der Waals surface area contributed by atoms with E-state index in [4.69, 9.17) is 19.7 Å².